The number of nitriles is 1. The minimum absolute atomic E-state index is 0.222. The Morgan fingerprint density at radius 1 is 1.16 bits per heavy atom. The van der Waals surface area contributed by atoms with Gasteiger partial charge in [0.25, 0.3) is 0 Å². The predicted molar refractivity (Wildman–Crippen MR) is 122 cm³/mol. The summed E-state index contributed by atoms with van der Waals surface area (Å²) in [5.74, 6) is 0. The molecule has 0 fully saturated rings. The lowest BCUT2D eigenvalue weighted by Gasteiger charge is -2.28. The van der Waals surface area contributed by atoms with E-state index >= 15 is 0 Å². The molecule has 0 saturated heterocycles. The number of carbonyl (C=O) groups is 1. The summed E-state index contributed by atoms with van der Waals surface area (Å²) >= 11 is 1.54. The van der Waals surface area contributed by atoms with Gasteiger partial charge in [0, 0.05) is 40.5 Å². The van der Waals surface area contributed by atoms with Gasteiger partial charge in [0.05, 0.1) is 17.3 Å². The average Bonchev–Trinajstić information content (AvgIpc) is 3.39. The summed E-state index contributed by atoms with van der Waals surface area (Å²) in [7, 11) is 2.02. The van der Waals surface area contributed by atoms with Crippen LogP contribution in [0.2, 0.25) is 0 Å². The fourth-order valence-electron chi connectivity index (χ4n) is 4.03. The van der Waals surface area contributed by atoms with Crippen molar-refractivity contribution in [3.05, 3.63) is 81.9 Å². The Bertz CT molecular complexity index is 1390. The van der Waals surface area contributed by atoms with Crippen molar-refractivity contribution in [1.82, 2.24) is 20.2 Å². The van der Waals surface area contributed by atoms with Gasteiger partial charge < -0.3 is 15.2 Å². The van der Waals surface area contributed by atoms with Gasteiger partial charge in [-0.25, -0.2) is 9.78 Å². The van der Waals surface area contributed by atoms with E-state index in [0.717, 1.165) is 44.1 Å². The monoisotopic (exact) mass is 425 g/mol. The lowest BCUT2D eigenvalue weighted by atomic mass is 10.00. The van der Waals surface area contributed by atoms with Gasteiger partial charge in [-0.05, 0) is 36.6 Å². The Balaban J connectivity index is 1.59. The lowest BCUT2D eigenvalue weighted by Crippen LogP contribution is -2.43. The van der Waals surface area contributed by atoms with Crippen LogP contribution in [0.3, 0.4) is 0 Å². The second-order valence-corrected chi connectivity index (χ2v) is 8.34. The number of benzene rings is 2. The molecule has 5 rings (SSSR count). The smallest absolute Gasteiger partial charge is 0.319 e. The van der Waals surface area contributed by atoms with E-state index in [9.17, 15) is 4.79 Å². The Kier molecular flexibility index (Phi) is 4.57. The molecule has 2 aromatic carbocycles. The first-order valence-electron chi connectivity index (χ1n) is 9.84. The maximum absolute atomic E-state index is 12.3. The van der Waals surface area contributed by atoms with E-state index < -0.39 is 0 Å². The number of hydrogen-bond donors (Lipinski definition) is 2. The number of nitrogens with one attached hydrogen (secondary N) is 2. The van der Waals surface area contributed by atoms with Gasteiger partial charge in [0.1, 0.15) is 11.0 Å². The van der Waals surface area contributed by atoms with Crippen molar-refractivity contribution in [3.8, 4) is 17.3 Å². The molecule has 2 aromatic heterocycles. The largest absolute Gasteiger partial charge is 0.345 e. The second kappa shape index (κ2) is 7.42. The summed E-state index contributed by atoms with van der Waals surface area (Å²) in [5, 5.41) is 19.0. The van der Waals surface area contributed by atoms with Gasteiger partial charge in [0.15, 0.2) is 0 Å². The maximum atomic E-state index is 12.3. The third kappa shape index (κ3) is 3.27. The molecule has 3 heterocycles. The highest BCUT2D eigenvalue weighted by molar-refractivity contribution is 7.11. The highest BCUT2D eigenvalue weighted by Gasteiger charge is 2.31. The number of aryl methyl sites for hydroxylation is 1. The first-order valence-corrected chi connectivity index (χ1v) is 10.7. The van der Waals surface area contributed by atoms with Crippen molar-refractivity contribution in [2.45, 2.75) is 13.0 Å². The molecule has 1 aliphatic rings. The van der Waals surface area contributed by atoms with Gasteiger partial charge in [0.2, 0.25) is 0 Å². The number of thiazole rings is 1. The Labute approximate surface area is 183 Å². The van der Waals surface area contributed by atoms with Crippen LogP contribution in [-0.4, -0.2) is 15.6 Å². The molecule has 4 aromatic rings. The summed E-state index contributed by atoms with van der Waals surface area (Å²) < 4.78 is 2.12. The number of hydrogen-bond acceptors (Lipinski definition) is 4. The third-order valence-corrected chi connectivity index (χ3v) is 6.47. The van der Waals surface area contributed by atoms with Gasteiger partial charge in [-0.15, -0.1) is 11.3 Å². The van der Waals surface area contributed by atoms with Crippen LogP contribution in [0.5, 0.6) is 0 Å². The molecule has 1 unspecified atom stereocenters. The molecule has 0 aliphatic carbocycles. The Morgan fingerprint density at radius 3 is 2.68 bits per heavy atom. The van der Waals surface area contributed by atoms with E-state index in [0.29, 0.717) is 5.56 Å². The van der Waals surface area contributed by atoms with Crippen molar-refractivity contribution < 1.29 is 4.79 Å². The maximum Gasteiger partial charge on any atom is 0.319 e. The van der Waals surface area contributed by atoms with E-state index in [4.69, 9.17) is 10.2 Å². The van der Waals surface area contributed by atoms with Crippen LogP contribution in [0.1, 0.15) is 29.2 Å². The quantitative estimate of drug-likeness (QED) is 0.487. The van der Waals surface area contributed by atoms with Crippen LogP contribution in [0.4, 0.5) is 4.79 Å². The highest BCUT2D eigenvalue weighted by atomic mass is 32.1. The molecule has 7 heteroatoms. The van der Waals surface area contributed by atoms with Crippen LogP contribution < -0.4 is 10.6 Å². The number of urea groups is 1. The summed E-state index contributed by atoms with van der Waals surface area (Å²) in [6.45, 7) is 1.91. The molecular weight excluding hydrogens is 406 g/mol. The molecule has 6 nitrogen and oxygen atoms in total. The van der Waals surface area contributed by atoms with E-state index in [1.165, 1.54) is 0 Å². The number of amides is 2. The molecule has 2 amide bonds. The number of fused-ring (bicyclic) bond motifs is 1. The van der Waals surface area contributed by atoms with Crippen molar-refractivity contribution >= 4 is 33.8 Å². The van der Waals surface area contributed by atoms with Gasteiger partial charge in [-0.1, -0.05) is 30.3 Å². The average molecular weight is 426 g/mol. The summed E-state index contributed by atoms with van der Waals surface area (Å²) in [6.07, 6.45) is 0. The first kappa shape index (κ1) is 19.1. The predicted octanol–water partition coefficient (Wildman–Crippen LogP) is 4.96. The number of carbonyl (C=O) groups excluding carboxylic acids is 1. The van der Waals surface area contributed by atoms with Gasteiger partial charge in [-0.3, -0.25) is 0 Å². The molecule has 1 aliphatic heterocycles. The summed E-state index contributed by atoms with van der Waals surface area (Å²) in [5.41, 5.74) is 6.27. The van der Waals surface area contributed by atoms with Crippen molar-refractivity contribution in [2.75, 3.05) is 0 Å². The lowest BCUT2D eigenvalue weighted by molar-refractivity contribution is 0.240. The number of aromatic nitrogens is 2. The van der Waals surface area contributed by atoms with E-state index in [-0.39, 0.29) is 12.1 Å². The fourth-order valence-corrected chi connectivity index (χ4v) is 4.99. The van der Waals surface area contributed by atoms with Crippen LogP contribution in [0, 0.1) is 11.3 Å². The molecule has 0 spiro atoms. The zero-order valence-electron chi connectivity index (χ0n) is 17.0. The third-order valence-electron chi connectivity index (χ3n) is 5.60. The van der Waals surface area contributed by atoms with Crippen LogP contribution in [0.15, 0.2) is 65.7 Å². The molecule has 2 N–H and O–H groups in total. The molecule has 0 radical (unpaired) electrons. The van der Waals surface area contributed by atoms with Crippen molar-refractivity contribution in [2.24, 2.45) is 7.05 Å². The number of para-hydroxylation sites is 1. The Morgan fingerprint density at radius 2 is 1.94 bits per heavy atom. The van der Waals surface area contributed by atoms with Crippen molar-refractivity contribution in [3.63, 3.8) is 0 Å². The van der Waals surface area contributed by atoms with E-state index in [1.807, 2.05) is 43.6 Å². The molecule has 1 atom stereocenters. The minimum atomic E-state index is -0.314. The van der Waals surface area contributed by atoms with Crippen LogP contribution in [0.25, 0.3) is 27.7 Å². The minimum Gasteiger partial charge on any atom is -0.345 e. The first-order chi connectivity index (χ1) is 15.0. The number of nitrogens with zero attached hydrogens (tertiary/aromatic N) is 3. The Hall–Kier alpha value is -3.89. The number of allylic oxidation sites excluding steroid dienone is 1. The second-order valence-electron chi connectivity index (χ2n) is 7.48. The number of rotatable bonds is 3. The SMILES string of the molecule is CC1=C(c2nc(-c3ccc(C#N)cc3)cs2)C(c2cc3ccccc3n2C)NC(=O)N1. The fraction of sp³-hybridized carbons (Fsp3) is 0.125. The standard InChI is InChI=1S/C24H19N5OS/c1-14-21(23-27-18(13-31-23)16-9-7-15(12-25)8-10-16)22(28-24(30)26-14)20-11-17-5-3-4-6-19(17)29(20)2/h3-11,13,22H,1-2H3,(H2,26,28,30). The molecule has 31 heavy (non-hydrogen) atoms. The highest BCUT2D eigenvalue weighted by Crippen LogP contribution is 2.38. The van der Waals surface area contributed by atoms with E-state index in [2.05, 4.69) is 39.5 Å². The molecular formula is C24H19N5OS. The zero-order chi connectivity index (χ0) is 21.5. The molecule has 152 valence electrons. The van der Waals surface area contributed by atoms with Crippen molar-refractivity contribution in [1.29, 1.82) is 5.26 Å². The topological polar surface area (TPSA) is 82.7 Å². The molecule has 0 saturated carbocycles. The summed E-state index contributed by atoms with van der Waals surface area (Å²) in [4.78, 5) is 17.2. The van der Waals surface area contributed by atoms with Gasteiger partial charge in [-0.2, -0.15) is 5.26 Å². The van der Waals surface area contributed by atoms with Crippen LogP contribution >= 0.6 is 11.3 Å². The molecule has 0 bridgehead atoms. The van der Waals surface area contributed by atoms with E-state index in [1.54, 1.807) is 23.5 Å². The van der Waals surface area contributed by atoms with Gasteiger partial charge >= 0.3 is 6.03 Å². The normalized spacial score (nSPS) is 16.2. The summed E-state index contributed by atoms with van der Waals surface area (Å²) in [6, 6.07) is 19.3. The van der Waals surface area contributed by atoms with Crippen LogP contribution in [-0.2, 0) is 7.05 Å². The zero-order valence-corrected chi connectivity index (χ0v) is 17.8.